The van der Waals surface area contributed by atoms with E-state index in [9.17, 15) is 4.79 Å². The van der Waals surface area contributed by atoms with Gasteiger partial charge in [-0.3, -0.25) is 10.2 Å². The van der Waals surface area contributed by atoms with Crippen LogP contribution in [0.5, 0.6) is 0 Å². The van der Waals surface area contributed by atoms with Gasteiger partial charge in [0.05, 0.1) is 20.8 Å². The minimum atomic E-state index is -0.655. The Bertz CT molecular complexity index is 1220. The summed E-state index contributed by atoms with van der Waals surface area (Å²) in [5, 5.41) is 2.03. The van der Waals surface area contributed by atoms with Gasteiger partial charge >= 0.3 is 0 Å². The van der Waals surface area contributed by atoms with E-state index in [4.69, 9.17) is 51.4 Å². The summed E-state index contributed by atoms with van der Waals surface area (Å²) in [6, 6.07) is 16.7. The molecular formula is C24H19Cl4N3OS. The number of aryl methyl sites for hydroxylation is 2. The fraction of sp³-hybridized carbons (Fsp3) is 0.167. The van der Waals surface area contributed by atoms with Crippen LogP contribution in [-0.2, 0) is 11.2 Å². The average Bonchev–Trinajstić information content (AvgIpc) is 3.05. The van der Waals surface area contributed by atoms with Gasteiger partial charge in [-0.05, 0) is 60.9 Å². The number of rotatable bonds is 5. The molecule has 1 saturated heterocycles. The van der Waals surface area contributed by atoms with Crippen molar-refractivity contribution in [1.82, 2.24) is 5.43 Å². The van der Waals surface area contributed by atoms with Crippen molar-refractivity contribution in [2.24, 2.45) is 4.99 Å². The highest BCUT2D eigenvalue weighted by Gasteiger charge is 2.41. The van der Waals surface area contributed by atoms with E-state index in [2.05, 4.69) is 12.3 Å². The highest BCUT2D eigenvalue weighted by Crippen LogP contribution is 2.40. The molecule has 1 unspecified atom stereocenters. The first-order chi connectivity index (χ1) is 15.8. The van der Waals surface area contributed by atoms with Crippen LogP contribution in [0.2, 0.25) is 20.1 Å². The smallest absolute Gasteiger partial charge is 0.267 e. The second-order valence-corrected chi connectivity index (χ2v) is 10.3. The van der Waals surface area contributed by atoms with E-state index in [-0.39, 0.29) is 16.0 Å². The first-order valence-electron chi connectivity index (χ1n) is 10.1. The van der Waals surface area contributed by atoms with Crippen LogP contribution in [0, 0.1) is 6.92 Å². The highest BCUT2D eigenvalue weighted by atomic mass is 35.5. The number of carbonyl (C=O) groups excluding carboxylic acids is 1. The molecule has 0 bridgehead atoms. The van der Waals surface area contributed by atoms with Gasteiger partial charge < -0.3 is 0 Å². The lowest BCUT2D eigenvalue weighted by Gasteiger charge is -2.19. The molecule has 0 saturated carbocycles. The summed E-state index contributed by atoms with van der Waals surface area (Å²) in [5.41, 5.74) is 6.19. The van der Waals surface area contributed by atoms with Crippen LogP contribution >= 0.6 is 58.2 Å². The third-order valence-electron chi connectivity index (χ3n) is 5.05. The Kier molecular flexibility index (Phi) is 7.46. The topological polar surface area (TPSA) is 44.7 Å². The van der Waals surface area contributed by atoms with Crippen LogP contribution in [0.25, 0.3) is 0 Å². The molecule has 0 spiro atoms. The minimum Gasteiger partial charge on any atom is -0.276 e. The van der Waals surface area contributed by atoms with E-state index in [0.717, 1.165) is 16.9 Å². The van der Waals surface area contributed by atoms with E-state index < -0.39 is 5.25 Å². The number of nitrogens with zero attached hydrogens (tertiary/aromatic N) is 2. The van der Waals surface area contributed by atoms with Crippen molar-refractivity contribution in [2.45, 2.75) is 30.4 Å². The predicted molar refractivity (Wildman–Crippen MR) is 141 cm³/mol. The van der Waals surface area contributed by atoms with Gasteiger partial charge in [0.25, 0.3) is 5.91 Å². The number of aliphatic imine (C=N–C) groups is 1. The molecule has 1 amide bonds. The van der Waals surface area contributed by atoms with E-state index >= 15 is 0 Å². The molecule has 0 aromatic heterocycles. The zero-order chi connectivity index (χ0) is 23.7. The number of carbonyl (C=O) groups is 1. The number of amides is 1. The maximum atomic E-state index is 13.5. The Morgan fingerprint density at radius 3 is 2.24 bits per heavy atom. The molecule has 170 valence electrons. The van der Waals surface area contributed by atoms with Crippen LogP contribution in [0.4, 0.5) is 11.4 Å². The molecule has 1 atom stereocenters. The van der Waals surface area contributed by atoms with Gasteiger partial charge in [0.15, 0.2) is 0 Å². The SMILES string of the molecule is CCc1ccc(SC2C(=O)N(c3c(Cl)cc(Cl)cc3Cl)NC2=Nc2ccc(C)cc2Cl)cc1. The molecule has 1 aliphatic rings. The molecule has 3 aromatic rings. The summed E-state index contributed by atoms with van der Waals surface area (Å²) in [7, 11) is 0. The third kappa shape index (κ3) is 5.28. The summed E-state index contributed by atoms with van der Waals surface area (Å²) in [4.78, 5) is 19.2. The fourth-order valence-corrected chi connectivity index (χ4v) is 5.59. The molecule has 33 heavy (non-hydrogen) atoms. The van der Waals surface area contributed by atoms with E-state index in [1.54, 1.807) is 0 Å². The van der Waals surface area contributed by atoms with Crippen LogP contribution in [0.15, 0.2) is 64.5 Å². The van der Waals surface area contributed by atoms with Gasteiger partial charge in [-0.1, -0.05) is 71.5 Å². The number of halogens is 4. The maximum Gasteiger partial charge on any atom is 0.267 e. The second kappa shape index (κ2) is 10.2. The van der Waals surface area contributed by atoms with E-state index in [1.807, 2.05) is 49.4 Å². The molecule has 4 rings (SSSR count). The lowest BCUT2D eigenvalue weighted by atomic mass is 10.2. The van der Waals surface area contributed by atoms with Crippen molar-refractivity contribution < 1.29 is 4.79 Å². The van der Waals surface area contributed by atoms with Gasteiger partial charge in [0, 0.05) is 9.92 Å². The van der Waals surface area contributed by atoms with Crippen molar-refractivity contribution in [1.29, 1.82) is 0 Å². The van der Waals surface area contributed by atoms with Crippen LogP contribution in [0.1, 0.15) is 18.1 Å². The van der Waals surface area contributed by atoms with Gasteiger partial charge in [-0.15, -0.1) is 11.8 Å². The quantitative estimate of drug-likeness (QED) is 0.359. The summed E-state index contributed by atoms with van der Waals surface area (Å²) in [6.07, 6.45) is 0.939. The van der Waals surface area contributed by atoms with Crippen molar-refractivity contribution in [3.8, 4) is 0 Å². The first kappa shape index (κ1) is 24.2. The molecule has 1 aliphatic heterocycles. The third-order valence-corrected chi connectivity index (χ3v) is 7.36. The monoisotopic (exact) mass is 537 g/mol. The molecular weight excluding hydrogens is 520 g/mol. The number of amidine groups is 1. The molecule has 0 radical (unpaired) electrons. The molecule has 0 aliphatic carbocycles. The van der Waals surface area contributed by atoms with Crippen molar-refractivity contribution >= 4 is 81.3 Å². The van der Waals surface area contributed by atoms with Gasteiger partial charge in [-0.25, -0.2) is 10.0 Å². The number of hydrogen-bond acceptors (Lipinski definition) is 3. The Hall–Kier alpha value is -1.89. The molecule has 1 fully saturated rings. The Morgan fingerprint density at radius 1 is 0.970 bits per heavy atom. The van der Waals surface area contributed by atoms with Crippen molar-refractivity contribution in [3.05, 3.63) is 85.8 Å². The predicted octanol–water partition coefficient (Wildman–Crippen LogP) is 7.91. The fourth-order valence-electron chi connectivity index (χ4n) is 3.34. The highest BCUT2D eigenvalue weighted by molar-refractivity contribution is 8.01. The van der Waals surface area contributed by atoms with Crippen molar-refractivity contribution in [2.75, 3.05) is 5.01 Å². The van der Waals surface area contributed by atoms with Gasteiger partial charge in [0.1, 0.15) is 16.8 Å². The summed E-state index contributed by atoms with van der Waals surface area (Å²) >= 11 is 26.7. The Morgan fingerprint density at radius 2 is 1.64 bits per heavy atom. The van der Waals surface area contributed by atoms with Crippen LogP contribution in [0.3, 0.4) is 0 Å². The lowest BCUT2D eigenvalue weighted by molar-refractivity contribution is -0.116. The number of thioether (sulfide) groups is 1. The lowest BCUT2D eigenvalue weighted by Crippen LogP contribution is -2.36. The molecule has 1 N–H and O–H groups in total. The Labute approximate surface area is 216 Å². The molecule has 3 aromatic carbocycles. The summed E-state index contributed by atoms with van der Waals surface area (Å²) < 4.78 is 0. The molecule has 1 heterocycles. The Balaban J connectivity index is 1.76. The standard InChI is InChI=1S/C24H19Cl4N3OS/c1-3-14-5-7-16(8-6-14)33-22-23(29-20-9-4-13(2)10-17(20)26)30-31(24(22)32)21-18(27)11-15(25)12-19(21)28/h4-12,22H,3H2,1-2H3,(H,29,30). The summed E-state index contributed by atoms with van der Waals surface area (Å²) in [5.74, 6) is 0.171. The van der Waals surface area contributed by atoms with Crippen LogP contribution in [-0.4, -0.2) is 17.0 Å². The number of hydrazine groups is 1. The largest absolute Gasteiger partial charge is 0.276 e. The van der Waals surface area contributed by atoms with Crippen LogP contribution < -0.4 is 10.4 Å². The maximum absolute atomic E-state index is 13.5. The molecule has 4 nitrogen and oxygen atoms in total. The van der Waals surface area contributed by atoms with E-state index in [0.29, 0.717) is 27.3 Å². The zero-order valence-electron chi connectivity index (χ0n) is 17.7. The zero-order valence-corrected chi connectivity index (χ0v) is 21.5. The summed E-state index contributed by atoms with van der Waals surface area (Å²) in [6.45, 7) is 4.05. The van der Waals surface area contributed by atoms with Gasteiger partial charge in [-0.2, -0.15) is 0 Å². The normalized spacial score (nSPS) is 17.0. The van der Waals surface area contributed by atoms with Crippen molar-refractivity contribution in [3.63, 3.8) is 0 Å². The first-order valence-corrected chi connectivity index (χ1v) is 12.5. The molecule has 9 heteroatoms. The number of hydrogen-bond donors (Lipinski definition) is 1. The number of nitrogens with one attached hydrogen (secondary N) is 1. The average molecular weight is 539 g/mol. The van der Waals surface area contributed by atoms with Gasteiger partial charge in [0.2, 0.25) is 0 Å². The number of benzene rings is 3. The second-order valence-electron chi connectivity index (χ2n) is 7.45. The minimum absolute atomic E-state index is 0.249. The van der Waals surface area contributed by atoms with E-state index in [1.165, 1.54) is 34.5 Å². The number of anilines is 1.